The van der Waals surface area contributed by atoms with Crippen LogP contribution in [0.1, 0.15) is 16.8 Å². The Balaban J connectivity index is 2.56. The highest BCUT2D eigenvalue weighted by molar-refractivity contribution is 5.85. The number of rotatable bonds is 2. The molecule has 76 valence electrons. The number of aryl methyl sites for hydroxylation is 2. The van der Waals surface area contributed by atoms with Crippen molar-refractivity contribution in [2.24, 2.45) is 0 Å². The van der Waals surface area contributed by atoms with Gasteiger partial charge in [-0.15, -0.1) is 0 Å². The third-order valence-electron chi connectivity index (χ3n) is 2.75. The minimum atomic E-state index is 0.571. The summed E-state index contributed by atoms with van der Waals surface area (Å²) in [6.45, 7) is 11.6. The lowest BCUT2D eigenvalue weighted by Gasteiger charge is -1.97. The third-order valence-corrected chi connectivity index (χ3v) is 2.75. The number of fused-ring (bicyclic) bond motifs is 1. The van der Waals surface area contributed by atoms with Crippen molar-refractivity contribution in [3.05, 3.63) is 46.4 Å². The molecule has 1 heterocycles. The van der Waals surface area contributed by atoms with Crippen LogP contribution in [0.5, 0.6) is 0 Å². The zero-order chi connectivity index (χ0) is 10.8. The van der Waals surface area contributed by atoms with E-state index in [0.717, 1.165) is 6.42 Å². The van der Waals surface area contributed by atoms with Gasteiger partial charge in [0.2, 0.25) is 6.54 Å². The smallest absolute Gasteiger partial charge is 0.218 e. The molecule has 2 rings (SSSR count). The molecule has 1 aromatic carbocycles. The Bertz CT molecular complexity index is 529. The zero-order valence-electron chi connectivity index (χ0n) is 9.09. The number of benzene rings is 1. The molecule has 2 heteroatoms. The fourth-order valence-electron chi connectivity index (χ4n) is 1.99. The summed E-state index contributed by atoms with van der Waals surface area (Å²) in [5.74, 6) is 0. The average Bonchev–Trinajstić information content (AvgIpc) is 2.51. The van der Waals surface area contributed by atoms with Crippen LogP contribution in [0.2, 0.25) is 0 Å². The van der Waals surface area contributed by atoms with E-state index >= 15 is 0 Å². The zero-order valence-corrected chi connectivity index (χ0v) is 9.09. The highest BCUT2D eigenvalue weighted by atomic mass is 14.7. The fraction of sp³-hybridized carbons (Fsp3) is 0.308. The highest BCUT2D eigenvalue weighted by Crippen LogP contribution is 2.23. The van der Waals surface area contributed by atoms with Crippen LogP contribution in [-0.2, 0) is 6.42 Å². The normalized spacial score (nSPS) is 10.5. The second-order valence-electron chi connectivity index (χ2n) is 3.91. The molecule has 0 saturated carbocycles. The molecule has 2 nitrogen and oxygen atoms in total. The van der Waals surface area contributed by atoms with Crippen LogP contribution < -0.4 is 0 Å². The van der Waals surface area contributed by atoms with E-state index in [0.29, 0.717) is 6.54 Å². The number of hydrogen-bond donors (Lipinski definition) is 1. The first-order valence-electron chi connectivity index (χ1n) is 5.13. The van der Waals surface area contributed by atoms with Crippen molar-refractivity contribution in [3.63, 3.8) is 0 Å². The van der Waals surface area contributed by atoms with Crippen molar-refractivity contribution in [1.82, 2.24) is 4.98 Å². The molecule has 0 radical (unpaired) electrons. The Labute approximate surface area is 89.7 Å². The Morgan fingerprint density at radius 2 is 2.13 bits per heavy atom. The Morgan fingerprint density at radius 1 is 1.33 bits per heavy atom. The van der Waals surface area contributed by atoms with Gasteiger partial charge in [-0.25, -0.2) is 6.57 Å². The summed E-state index contributed by atoms with van der Waals surface area (Å²) >= 11 is 0. The predicted octanol–water partition coefficient (Wildman–Crippen LogP) is 3.25. The molecule has 0 unspecified atom stereocenters. The largest absolute Gasteiger partial charge is 0.358 e. The second-order valence-corrected chi connectivity index (χ2v) is 3.91. The van der Waals surface area contributed by atoms with Crippen molar-refractivity contribution in [2.75, 3.05) is 6.54 Å². The standard InChI is InChI=1S/C13H14N2/c1-9-4-5-13-12(8-9)11(6-7-14-3)10(2)15-13/h4-5,8,15H,6-7H2,1-2H3. The maximum absolute atomic E-state index is 6.84. The van der Waals surface area contributed by atoms with E-state index in [-0.39, 0.29) is 0 Å². The van der Waals surface area contributed by atoms with Crippen LogP contribution in [0, 0.1) is 20.4 Å². The molecule has 0 aliphatic carbocycles. The number of nitrogens with one attached hydrogen (secondary N) is 1. The number of aromatic amines is 1. The van der Waals surface area contributed by atoms with E-state index in [4.69, 9.17) is 6.57 Å². The van der Waals surface area contributed by atoms with Crippen molar-refractivity contribution in [3.8, 4) is 0 Å². The van der Waals surface area contributed by atoms with Gasteiger partial charge in [0.1, 0.15) is 0 Å². The fourth-order valence-corrected chi connectivity index (χ4v) is 1.99. The van der Waals surface area contributed by atoms with Gasteiger partial charge in [-0.1, -0.05) is 11.6 Å². The maximum Gasteiger partial charge on any atom is 0.218 e. The lowest BCUT2D eigenvalue weighted by atomic mass is 10.1. The van der Waals surface area contributed by atoms with Crippen molar-refractivity contribution < 1.29 is 0 Å². The van der Waals surface area contributed by atoms with E-state index in [1.54, 1.807) is 0 Å². The van der Waals surface area contributed by atoms with Gasteiger partial charge < -0.3 is 9.83 Å². The molecule has 0 fully saturated rings. The Morgan fingerprint density at radius 3 is 2.87 bits per heavy atom. The Kier molecular flexibility index (Phi) is 2.47. The van der Waals surface area contributed by atoms with Gasteiger partial charge in [0.05, 0.1) is 0 Å². The predicted molar refractivity (Wildman–Crippen MR) is 62.9 cm³/mol. The first-order chi connectivity index (χ1) is 7.22. The molecular weight excluding hydrogens is 184 g/mol. The molecule has 0 saturated heterocycles. The van der Waals surface area contributed by atoms with Gasteiger partial charge in [0.25, 0.3) is 0 Å². The molecule has 0 amide bonds. The highest BCUT2D eigenvalue weighted by Gasteiger charge is 2.08. The first kappa shape index (κ1) is 9.79. The van der Waals surface area contributed by atoms with Gasteiger partial charge in [-0.2, -0.15) is 0 Å². The van der Waals surface area contributed by atoms with E-state index < -0.39 is 0 Å². The van der Waals surface area contributed by atoms with Crippen molar-refractivity contribution in [2.45, 2.75) is 20.3 Å². The van der Waals surface area contributed by atoms with E-state index in [1.165, 1.54) is 27.7 Å². The van der Waals surface area contributed by atoms with Crippen LogP contribution in [-0.4, -0.2) is 11.5 Å². The van der Waals surface area contributed by atoms with Crippen LogP contribution in [0.4, 0.5) is 0 Å². The van der Waals surface area contributed by atoms with Gasteiger partial charge in [-0.05, 0) is 31.5 Å². The minimum Gasteiger partial charge on any atom is -0.358 e. The average molecular weight is 198 g/mol. The minimum absolute atomic E-state index is 0.571. The number of hydrogen-bond acceptors (Lipinski definition) is 0. The van der Waals surface area contributed by atoms with Crippen molar-refractivity contribution in [1.29, 1.82) is 0 Å². The summed E-state index contributed by atoms with van der Waals surface area (Å²) in [5, 5.41) is 1.27. The molecule has 0 aliphatic rings. The van der Waals surface area contributed by atoms with Crippen LogP contribution in [0.25, 0.3) is 15.7 Å². The van der Waals surface area contributed by atoms with E-state index in [9.17, 15) is 0 Å². The summed E-state index contributed by atoms with van der Waals surface area (Å²) < 4.78 is 0. The number of aromatic nitrogens is 1. The number of H-pyrrole nitrogens is 1. The quantitative estimate of drug-likeness (QED) is 0.715. The van der Waals surface area contributed by atoms with Gasteiger partial charge in [-0.3, -0.25) is 0 Å². The molecule has 0 aliphatic heterocycles. The van der Waals surface area contributed by atoms with Crippen LogP contribution >= 0.6 is 0 Å². The number of nitrogens with zero attached hydrogens (tertiary/aromatic N) is 1. The molecule has 2 aromatic rings. The second kappa shape index (κ2) is 3.78. The molecule has 0 bridgehead atoms. The van der Waals surface area contributed by atoms with E-state index in [1.807, 2.05) is 0 Å². The molecular formula is C13H14N2. The van der Waals surface area contributed by atoms with Gasteiger partial charge in [0, 0.05) is 23.0 Å². The molecule has 15 heavy (non-hydrogen) atoms. The maximum atomic E-state index is 6.84. The topological polar surface area (TPSA) is 20.1 Å². The molecule has 0 atom stereocenters. The lowest BCUT2D eigenvalue weighted by Crippen LogP contribution is -1.89. The molecule has 1 N–H and O–H groups in total. The summed E-state index contributed by atoms with van der Waals surface area (Å²) in [6.07, 6.45) is 0.846. The lowest BCUT2D eigenvalue weighted by molar-refractivity contribution is 1.06. The SMILES string of the molecule is [C-]#[N+]CCc1c(C)[nH]c2ccc(C)cc12. The summed E-state index contributed by atoms with van der Waals surface area (Å²) in [6, 6.07) is 6.41. The van der Waals surface area contributed by atoms with E-state index in [2.05, 4.69) is 41.9 Å². The van der Waals surface area contributed by atoms with Crippen molar-refractivity contribution >= 4 is 10.9 Å². The first-order valence-corrected chi connectivity index (χ1v) is 5.13. The van der Waals surface area contributed by atoms with Gasteiger partial charge in [0.15, 0.2) is 0 Å². The monoisotopic (exact) mass is 198 g/mol. The summed E-state index contributed by atoms with van der Waals surface area (Å²) in [5.41, 5.74) is 4.94. The molecule has 1 aromatic heterocycles. The van der Waals surface area contributed by atoms with Crippen LogP contribution in [0.15, 0.2) is 18.2 Å². The summed E-state index contributed by atoms with van der Waals surface area (Å²) in [7, 11) is 0. The van der Waals surface area contributed by atoms with Crippen LogP contribution in [0.3, 0.4) is 0 Å². The van der Waals surface area contributed by atoms with Gasteiger partial charge >= 0.3 is 0 Å². The molecule has 0 spiro atoms. The third kappa shape index (κ3) is 1.73. The Hall–Kier alpha value is -1.75. The summed E-state index contributed by atoms with van der Waals surface area (Å²) in [4.78, 5) is 6.78.